The number of hydrogen-bond donors (Lipinski definition) is 0. The molecule has 5 nitrogen and oxygen atoms in total. The minimum absolute atomic E-state index is 0.386. The standard InChI is InChI=1S/C25H33N3O2S/c1-19-5-9-25(10-6-19)31(29,30)27-15-11-21-16-23(8-7-22(21)17-27)26-14-12-24(18-26)28-13-3-4-20(28)2/h5-10,16,20,24H,3-4,11-15,17-18H2,1-2H3. The second kappa shape index (κ2) is 8.23. The van der Waals surface area contributed by atoms with E-state index in [1.807, 2.05) is 19.1 Å². The second-order valence-corrected chi connectivity index (χ2v) is 11.4. The molecule has 0 N–H and O–H groups in total. The van der Waals surface area contributed by atoms with E-state index < -0.39 is 10.0 Å². The molecule has 31 heavy (non-hydrogen) atoms. The van der Waals surface area contributed by atoms with Gasteiger partial charge in [0, 0.05) is 44.0 Å². The maximum Gasteiger partial charge on any atom is 0.243 e. The third-order valence-electron chi connectivity index (χ3n) is 7.43. The molecular weight excluding hydrogens is 406 g/mol. The summed E-state index contributed by atoms with van der Waals surface area (Å²) in [4.78, 5) is 5.61. The molecule has 2 aromatic carbocycles. The van der Waals surface area contributed by atoms with E-state index in [9.17, 15) is 8.42 Å². The Morgan fingerprint density at radius 1 is 0.935 bits per heavy atom. The normalized spacial score (nSPS) is 25.2. The first-order valence-electron chi connectivity index (χ1n) is 11.6. The molecule has 2 atom stereocenters. The van der Waals surface area contributed by atoms with Crippen molar-refractivity contribution in [3.05, 3.63) is 59.2 Å². The van der Waals surface area contributed by atoms with Crippen LogP contribution < -0.4 is 4.90 Å². The molecule has 2 unspecified atom stereocenters. The number of hydrogen-bond acceptors (Lipinski definition) is 4. The van der Waals surface area contributed by atoms with E-state index in [0.717, 1.165) is 36.7 Å². The highest BCUT2D eigenvalue weighted by atomic mass is 32.2. The van der Waals surface area contributed by atoms with Gasteiger partial charge in [0.1, 0.15) is 0 Å². The molecule has 2 aromatic rings. The highest BCUT2D eigenvalue weighted by Gasteiger charge is 2.33. The van der Waals surface area contributed by atoms with Crippen molar-refractivity contribution in [2.24, 2.45) is 0 Å². The Morgan fingerprint density at radius 3 is 2.48 bits per heavy atom. The molecule has 3 aliphatic rings. The lowest BCUT2D eigenvalue weighted by atomic mass is 10.00. The van der Waals surface area contributed by atoms with Gasteiger partial charge >= 0.3 is 0 Å². The van der Waals surface area contributed by atoms with E-state index in [-0.39, 0.29) is 0 Å². The van der Waals surface area contributed by atoms with Crippen LogP contribution in [-0.4, -0.2) is 55.9 Å². The lowest BCUT2D eigenvalue weighted by Crippen LogP contribution is -2.39. The number of fused-ring (bicyclic) bond motifs is 1. The molecule has 166 valence electrons. The molecule has 6 heteroatoms. The largest absolute Gasteiger partial charge is 0.370 e. The zero-order valence-corrected chi connectivity index (χ0v) is 19.4. The van der Waals surface area contributed by atoms with Gasteiger partial charge in [-0.3, -0.25) is 4.90 Å². The summed E-state index contributed by atoms with van der Waals surface area (Å²) < 4.78 is 27.8. The number of anilines is 1. The van der Waals surface area contributed by atoms with E-state index in [0.29, 0.717) is 24.0 Å². The van der Waals surface area contributed by atoms with Crippen LogP contribution in [-0.2, 0) is 23.0 Å². The highest BCUT2D eigenvalue weighted by molar-refractivity contribution is 7.89. The third-order valence-corrected chi connectivity index (χ3v) is 9.29. The van der Waals surface area contributed by atoms with Crippen LogP contribution in [0.3, 0.4) is 0 Å². The minimum Gasteiger partial charge on any atom is -0.370 e. The summed E-state index contributed by atoms with van der Waals surface area (Å²) in [5.41, 5.74) is 4.79. The van der Waals surface area contributed by atoms with Crippen molar-refractivity contribution in [2.45, 2.75) is 63.1 Å². The van der Waals surface area contributed by atoms with E-state index in [1.54, 1.807) is 16.4 Å². The van der Waals surface area contributed by atoms with E-state index in [2.05, 4.69) is 34.9 Å². The van der Waals surface area contributed by atoms with Gasteiger partial charge in [-0.1, -0.05) is 23.8 Å². The van der Waals surface area contributed by atoms with Gasteiger partial charge < -0.3 is 4.90 Å². The third kappa shape index (κ3) is 4.01. The fraction of sp³-hybridized carbons (Fsp3) is 0.520. The topological polar surface area (TPSA) is 43.9 Å². The molecule has 0 aromatic heterocycles. The molecule has 2 saturated heterocycles. The Hall–Kier alpha value is -1.89. The molecule has 3 aliphatic heterocycles. The fourth-order valence-electron chi connectivity index (χ4n) is 5.52. The summed E-state index contributed by atoms with van der Waals surface area (Å²) in [5, 5.41) is 0. The van der Waals surface area contributed by atoms with Crippen molar-refractivity contribution in [1.29, 1.82) is 0 Å². The summed E-state index contributed by atoms with van der Waals surface area (Å²) >= 11 is 0. The van der Waals surface area contributed by atoms with Crippen LogP contribution in [0.2, 0.25) is 0 Å². The number of aryl methyl sites for hydroxylation is 1. The van der Waals surface area contributed by atoms with Gasteiger partial charge in [-0.25, -0.2) is 8.42 Å². The second-order valence-electron chi connectivity index (χ2n) is 9.47. The number of likely N-dealkylation sites (tertiary alicyclic amines) is 1. The maximum atomic E-state index is 13.1. The zero-order valence-electron chi connectivity index (χ0n) is 18.6. The molecule has 0 amide bonds. The monoisotopic (exact) mass is 439 g/mol. The lowest BCUT2D eigenvalue weighted by Gasteiger charge is -2.30. The van der Waals surface area contributed by atoms with E-state index in [4.69, 9.17) is 0 Å². The van der Waals surface area contributed by atoms with Crippen molar-refractivity contribution in [1.82, 2.24) is 9.21 Å². The van der Waals surface area contributed by atoms with Gasteiger partial charge in [-0.05, 0) is 81.5 Å². The lowest BCUT2D eigenvalue weighted by molar-refractivity contribution is 0.204. The van der Waals surface area contributed by atoms with E-state index >= 15 is 0 Å². The van der Waals surface area contributed by atoms with Crippen LogP contribution in [0.5, 0.6) is 0 Å². The molecule has 0 saturated carbocycles. The van der Waals surface area contributed by atoms with Crippen LogP contribution in [0.25, 0.3) is 0 Å². The number of benzene rings is 2. The summed E-state index contributed by atoms with van der Waals surface area (Å²) in [6.07, 6.45) is 4.68. The molecular formula is C25H33N3O2S. The Morgan fingerprint density at radius 2 is 1.74 bits per heavy atom. The van der Waals surface area contributed by atoms with Gasteiger partial charge in [-0.2, -0.15) is 4.31 Å². The summed E-state index contributed by atoms with van der Waals surface area (Å²) in [5.74, 6) is 0. The summed E-state index contributed by atoms with van der Waals surface area (Å²) in [7, 11) is -3.45. The average Bonchev–Trinajstić information content (AvgIpc) is 3.42. The maximum absolute atomic E-state index is 13.1. The van der Waals surface area contributed by atoms with Crippen molar-refractivity contribution >= 4 is 15.7 Å². The number of rotatable bonds is 4. The van der Waals surface area contributed by atoms with Crippen molar-refractivity contribution in [3.63, 3.8) is 0 Å². The van der Waals surface area contributed by atoms with Crippen LogP contribution >= 0.6 is 0 Å². The van der Waals surface area contributed by atoms with Crippen LogP contribution in [0.1, 0.15) is 42.9 Å². The molecule has 2 fully saturated rings. The molecule has 5 rings (SSSR count). The molecule has 3 heterocycles. The van der Waals surface area contributed by atoms with Gasteiger partial charge in [-0.15, -0.1) is 0 Å². The van der Waals surface area contributed by atoms with Gasteiger partial charge in [0.05, 0.1) is 4.90 Å². The first kappa shape index (κ1) is 21.0. The molecule has 0 spiro atoms. The van der Waals surface area contributed by atoms with Crippen LogP contribution in [0, 0.1) is 6.92 Å². The quantitative estimate of drug-likeness (QED) is 0.727. The average molecular weight is 440 g/mol. The molecule has 0 bridgehead atoms. The number of nitrogens with zero attached hydrogens (tertiary/aromatic N) is 3. The zero-order chi connectivity index (χ0) is 21.6. The Labute approximate surface area is 186 Å². The first-order valence-corrected chi connectivity index (χ1v) is 13.0. The predicted octanol–water partition coefficient (Wildman–Crippen LogP) is 3.81. The van der Waals surface area contributed by atoms with Crippen molar-refractivity contribution < 1.29 is 8.42 Å². The van der Waals surface area contributed by atoms with Crippen molar-refractivity contribution in [2.75, 3.05) is 31.1 Å². The first-order chi connectivity index (χ1) is 14.9. The van der Waals surface area contributed by atoms with Crippen LogP contribution in [0.15, 0.2) is 47.4 Å². The predicted molar refractivity (Wildman–Crippen MR) is 125 cm³/mol. The molecule has 0 radical (unpaired) electrons. The SMILES string of the molecule is Cc1ccc(S(=O)(=O)N2CCc3cc(N4CCC(N5CCCC5C)C4)ccc3C2)cc1. The van der Waals surface area contributed by atoms with Crippen LogP contribution in [0.4, 0.5) is 5.69 Å². The summed E-state index contributed by atoms with van der Waals surface area (Å²) in [6.45, 7) is 8.80. The number of sulfonamides is 1. The fourth-order valence-corrected chi connectivity index (χ4v) is 6.94. The van der Waals surface area contributed by atoms with E-state index in [1.165, 1.54) is 37.1 Å². The van der Waals surface area contributed by atoms with Gasteiger partial charge in [0.2, 0.25) is 10.0 Å². The van der Waals surface area contributed by atoms with Crippen molar-refractivity contribution in [3.8, 4) is 0 Å². The van der Waals surface area contributed by atoms with Gasteiger partial charge in [0.25, 0.3) is 0 Å². The highest BCUT2D eigenvalue weighted by Crippen LogP contribution is 2.32. The molecule has 0 aliphatic carbocycles. The minimum atomic E-state index is -3.45. The Balaban J connectivity index is 1.29. The van der Waals surface area contributed by atoms with Gasteiger partial charge in [0.15, 0.2) is 0 Å². The Kier molecular flexibility index (Phi) is 5.57. The smallest absolute Gasteiger partial charge is 0.243 e. The summed E-state index contributed by atoms with van der Waals surface area (Å²) in [6, 6.07) is 15.2. The Bertz CT molecular complexity index is 1050.